The van der Waals surface area contributed by atoms with Crippen molar-refractivity contribution in [1.82, 2.24) is 15.1 Å². The zero-order valence-electron chi connectivity index (χ0n) is 12.3. The van der Waals surface area contributed by atoms with Crippen molar-refractivity contribution in [2.45, 2.75) is 13.0 Å². The van der Waals surface area contributed by atoms with Crippen LogP contribution in [-0.4, -0.2) is 55.5 Å². The minimum absolute atomic E-state index is 0.198. The van der Waals surface area contributed by atoms with E-state index in [-0.39, 0.29) is 5.91 Å². The van der Waals surface area contributed by atoms with E-state index in [9.17, 15) is 4.79 Å². The highest BCUT2D eigenvalue weighted by atomic mass is 35.5. The molecule has 1 aromatic heterocycles. The third-order valence-corrected chi connectivity index (χ3v) is 5.81. The summed E-state index contributed by atoms with van der Waals surface area (Å²) in [6.07, 6.45) is 1.22. The Morgan fingerprint density at radius 3 is 3.05 bits per heavy atom. The van der Waals surface area contributed by atoms with Crippen LogP contribution in [0.25, 0.3) is 0 Å². The number of carbonyl (C=O) groups is 1. The van der Waals surface area contributed by atoms with Gasteiger partial charge in [0.05, 0.1) is 17.4 Å². The normalized spacial score (nSPS) is 25.8. The fourth-order valence-electron chi connectivity index (χ4n) is 3.32. The molecule has 2 fully saturated rings. The van der Waals surface area contributed by atoms with Crippen LogP contribution >= 0.6 is 22.9 Å². The second-order valence-corrected chi connectivity index (χ2v) is 7.96. The van der Waals surface area contributed by atoms with Crippen LogP contribution < -0.4 is 5.32 Å². The Morgan fingerprint density at radius 2 is 2.29 bits per heavy atom. The van der Waals surface area contributed by atoms with Gasteiger partial charge >= 0.3 is 0 Å². The summed E-state index contributed by atoms with van der Waals surface area (Å²) in [7, 11) is 1.87. The van der Waals surface area contributed by atoms with Gasteiger partial charge < -0.3 is 10.2 Å². The molecule has 2 aliphatic heterocycles. The molecule has 6 heteroatoms. The molecule has 2 aliphatic rings. The largest absolute Gasteiger partial charge is 0.340 e. The number of hydrogen-bond acceptors (Lipinski definition) is 4. The zero-order valence-corrected chi connectivity index (χ0v) is 13.9. The Kier molecular flexibility index (Phi) is 4.84. The maximum absolute atomic E-state index is 12.4. The third kappa shape index (κ3) is 3.77. The number of rotatable bonds is 4. The lowest BCUT2D eigenvalue weighted by atomic mass is 9.89. The van der Waals surface area contributed by atoms with Crippen molar-refractivity contribution in [3.63, 3.8) is 0 Å². The predicted molar refractivity (Wildman–Crippen MR) is 86.7 cm³/mol. The van der Waals surface area contributed by atoms with Gasteiger partial charge in [0, 0.05) is 18.5 Å². The molecule has 0 aliphatic carbocycles. The molecule has 2 atom stereocenters. The number of halogens is 1. The summed E-state index contributed by atoms with van der Waals surface area (Å²) < 4.78 is 0.779. The van der Waals surface area contributed by atoms with Crippen molar-refractivity contribution < 1.29 is 4.79 Å². The summed E-state index contributed by atoms with van der Waals surface area (Å²) in [5.41, 5.74) is 0. The number of thiophene rings is 1. The molecule has 0 aromatic carbocycles. The summed E-state index contributed by atoms with van der Waals surface area (Å²) in [5, 5.41) is 3.46. The fourth-order valence-corrected chi connectivity index (χ4v) is 4.47. The second kappa shape index (κ2) is 6.65. The van der Waals surface area contributed by atoms with E-state index in [4.69, 9.17) is 11.6 Å². The van der Waals surface area contributed by atoms with E-state index >= 15 is 0 Å². The van der Waals surface area contributed by atoms with Gasteiger partial charge in [-0.3, -0.25) is 9.69 Å². The summed E-state index contributed by atoms with van der Waals surface area (Å²) >= 11 is 7.47. The molecule has 2 unspecified atom stereocenters. The van der Waals surface area contributed by atoms with Gasteiger partial charge in [-0.25, -0.2) is 0 Å². The van der Waals surface area contributed by atoms with Crippen molar-refractivity contribution in [2.24, 2.45) is 11.8 Å². The number of hydrogen-bond donors (Lipinski definition) is 1. The molecule has 0 radical (unpaired) electrons. The maximum Gasteiger partial charge on any atom is 0.236 e. The Morgan fingerprint density at radius 1 is 1.48 bits per heavy atom. The van der Waals surface area contributed by atoms with E-state index < -0.39 is 0 Å². The van der Waals surface area contributed by atoms with Crippen LogP contribution in [0.3, 0.4) is 0 Å². The molecule has 4 nitrogen and oxygen atoms in total. The monoisotopic (exact) mass is 327 g/mol. The van der Waals surface area contributed by atoms with Gasteiger partial charge in [0.2, 0.25) is 5.91 Å². The SMILES string of the molecule is CN(Cc1ccc(Cl)s1)C(=O)CN1CCC2CNCC2C1. The Hall–Kier alpha value is -0.620. The number of fused-ring (bicyclic) bond motifs is 1. The van der Waals surface area contributed by atoms with Crippen molar-refractivity contribution in [2.75, 3.05) is 39.8 Å². The van der Waals surface area contributed by atoms with Crippen LogP contribution in [0.15, 0.2) is 12.1 Å². The molecule has 21 heavy (non-hydrogen) atoms. The van der Waals surface area contributed by atoms with Gasteiger partial charge in [-0.15, -0.1) is 11.3 Å². The second-order valence-electron chi connectivity index (χ2n) is 6.16. The molecule has 1 amide bonds. The summed E-state index contributed by atoms with van der Waals surface area (Å²) in [6.45, 7) is 5.57. The molecule has 0 spiro atoms. The number of likely N-dealkylation sites (N-methyl/N-ethyl adjacent to an activating group) is 1. The number of carbonyl (C=O) groups excluding carboxylic acids is 1. The van der Waals surface area contributed by atoms with Crippen LogP contribution in [0.2, 0.25) is 4.34 Å². The van der Waals surface area contributed by atoms with E-state index in [0.29, 0.717) is 13.1 Å². The van der Waals surface area contributed by atoms with Crippen molar-refractivity contribution >= 4 is 28.8 Å². The Bertz CT molecular complexity index is 507. The molecule has 1 N–H and O–H groups in total. The van der Waals surface area contributed by atoms with Gasteiger partial charge in [0.15, 0.2) is 0 Å². The minimum Gasteiger partial charge on any atom is -0.340 e. The van der Waals surface area contributed by atoms with Gasteiger partial charge in [-0.2, -0.15) is 0 Å². The molecule has 0 saturated carbocycles. The van der Waals surface area contributed by atoms with E-state index in [1.54, 1.807) is 16.2 Å². The van der Waals surface area contributed by atoms with E-state index in [1.165, 1.54) is 6.42 Å². The smallest absolute Gasteiger partial charge is 0.236 e. The van der Waals surface area contributed by atoms with Gasteiger partial charge in [0.25, 0.3) is 0 Å². The zero-order chi connectivity index (χ0) is 14.8. The topological polar surface area (TPSA) is 35.6 Å². The third-order valence-electron chi connectivity index (χ3n) is 4.60. The Labute approximate surface area is 135 Å². The van der Waals surface area contributed by atoms with Crippen LogP contribution in [0, 0.1) is 11.8 Å². The van der Waals surface area contributed by atoms with E-state index in [2.05, 4.69) is 10.2 Å². The first kappa shape index (κ1) is 15.3. The number of nitrogens with one attached hydrogen (secondary N) is 1. The highest BCUT2D eigenvalue weighted by Crippen LogP contribution is 2.26. The number of piperidine rings is 1. The molecule has 1 aromatic rings. The Balaban J connectivity index is 1.49. The van der Waals surface area contributed by atoms with Gasteiger partial charge in [-0.05, 0) is 50.0 Å². The highest BCUT2D eigenvalue weighted by molar-refractivity contribution is 7.16. The minimum atomic E-state index is 0.198. The number of nitrogens with zero attached hydrogens (tertiary/aromatic N) is 2. The maximum atomic E-state index is 12.4. The lowest BCUT2D eigenvalue weighted by Gasteiger charge is -2.34. The number of amides is 1. The summed E-state index contributed by atoms with van der Waals surface area (Å²) in [5.74, 6) is 1.75. The van der Waals surface area contributed by atoms with Crippen molar-refractivity contribution in [3.8, 4) is 0 Å². The quantitative estimate of drug-likeness (QED) is 0.917. The molecule has 2 saturated heterocycles. The van der Waals surface area contributed by atoms with Crippen LogP contribution in [-0.2, 0) is 11.3 Å². The molecule has 3 heterocycles. The molecular weight excluding hydrogens is 306 g/mol. The average Bonchev–Trinajstić information content (AvgIpc) is 3.07. The molecular formula is C15H22ClN3OS. The van der Waals surface area contributed by atoms with Crippen molar-refractivity contribution in [1.29, 1.82) is 0 Å². The lowest BCUT2D eigenvalue weighted by Crippen LogP contribution is -2.45. The predicted octanol–water partition coefficient (Wildman–Crippen LogP) is 1.90. The van der Waals surface area contributed by atoms with Crippen LogP contribution in [0.1, 0.15) is 11.3 Å². The van der Waals surface area contributed by atoms with E-state index in [1.807, 2.05) is 19.2 Å². The first-order chi connectivity index (χ1) is 10.1. The van der Waals surface area contributed by atoms with Gasteiger partial charge in [0.1, 0.15) is 0 Å². The molecule has 3 rings (SSSR count). The summed E-state index contributed by atoms with van der Waals surface area (Å²) in [6, 6.07) is 3.88. The standard InChI is InChI=1S/C15H22ClN3OS/c1-18(9-13-2-3-14(16)21-13)15(20)10-19-5-4-11-6-17-7-12(11)8-19/h2-3,11-12,17H,4-10H2,1H3. The van der Waals surface area contributed by atoms with Crippen molar-refractivity contribution in [3.05, 3.63) is 21.3 Å². The van der Waals surface area contributed by atoms with Gasteiger partial charge in [-0.1, -0.05) is 11.6 Å². The summed E-state index contributed by atoms with van der Waals surface area (Å²) in [4.78, 5) is 17.6. The van der Waals surface area contributed by atoms with E-state index in [0.717, 1.165) is 47.2 Å². The first-order valence-corrected chi connectivity index (χ1v) is 8.72. The van der Waals surface area contributed by atoms with Crippen LogP contribution in [0.5, 0.6) is 0 Å². The highest BCUT2D eigenvalue weighted by Gasteiger charge is 2.33. The first-order valence-electron chi connectivity index (χ1n) is 7.53. The van der Waals surface area contributed by atoms with Crippen LogP contribution in [0.4, 0.5) is 0 Å². The lowest BCUT2D eigenvalue weighted by molar-refractivity contribution is -0.132. The number of likely N-dealkylation sites (tertiary alicyclic amines) is 1. The molecule has 116 valence electrons. The molecule has 0 bridgehead atoms. The average molecular weight is 328 g/mol. The fraction of sp³-hybridized carbons (Fsp3) is 0.667.